The first-order valence-electron chi connectivity index (χ1n) is 10.8. The Bertz CT molecular complexity index is 1020. The van der Waals surface area contributed by atoms with Crippen LogP contribution in [0.15, 0.2) is 24.3 Å². The zero-order chi connectivity index (χ0) is 22.0. The first kappa shape index (κ1) is 21.9. The molecule has 0 bridgehead atoms. The normalized spacial score (nSPS) is 19.1. The highest BCUT2D eigenvalue weighted by molar-refractivity contribution is 7.21. The molecule has 0 radical (unpaired) electrons. The molecular weight excluding hydrogens is 410 g/mol. The van der Waals surface area contributed by atoms with E-state index in [4.69, 9.17) is 19.7 Å². The molecule has 0 saturated heterocycles. The fourth-order valence-electron chi connectivity index (χ4n) is 3.92. The van der Waals surface area contributed by atoms with Crippen LogP contribution in [-0.4, -0.2) is 52.0 Å². The lowest BCUT2D eigenvalue weighted by atomic mass is 10.1. The van der Waals surface area contributed by atoms with E-state index in [0.717, 1.165) is 51.6 Å². The van der Waals surface area contributed by atoms with Crippen molar-refractivity contribution in [3.8, 4) is 10.6 Å². The predicted molar refractivity (Wildman–Crippen MR) is 127 cm³/mol. The number of anilines is 2. The molecule has 31 heavy (non-hydrogen) atoms. The summed E-state index contributed by atoms with van der Waals surface area (Å²) in [6.45, 7) is 6.89. The second kappa shape index (κ2) is 9.06. The van der Waals surface area contributed by atoms with Crippen LogP contribution in [0.25, 0.3) is 20.8 Å². The third kappa shape index (κ3) is 4.97. The van der Waals surface area contributed by atoms with Gasteiger partial charge in [0.15, 0.2) is 0 Å². The van der Waals surface area contributed by atoms with Crippen LogP contribution in [0, 0.1) is 12.8 Å². The molecule has 1 aliphatic carbocycles. The minimum Gasteiger partial charge on any atom is -0.396 e. The number of methoxy groups -OCH3 is 1. The van der Waals surface area contributed by atoms with Crippen molar-refractivity contribution in [3.05, 3.63) is 30.0 Å². The second-order valence-electron chi connectivity index (χ2n) is 8.86. The SMILES string of the molecule is COC(C)(C)CNc1nc(C)c(-c2nc3ccccc3s2)c(N[C@H]2CC[C@@H](CO)C2)n1. The first-order valence-corrected chi connectivity index (χ1v) is 11.6. The average Bonchev–Trinajstić information content (AvgIpc) is 3.38. The molecule has 166 valence electrons. The van der Waals surface area contributed by atoms with Crippen molar-refractivity contribution in [2.75, 3.05) is 30.9 Å². The molecule has 2 aromatic heterocycles. The third-order valence-corrected chi connectivity index (χ3v) is 7.02. The van der Waals surface area contributed by atoms with E-state index in [2.05, 4.69) is 16.7 Å². The standard InChI is InChI=1S/C23H31N5O2S/c1-14-19(21-27-17-7-5-6-8-18(17)31-21)20(26-16-10-9-15(11-16)12-29)28-22(25-14)24-13-23(2,3)30-4/h5-8,15-16,29H,9-13H2,1-4H3,(H2,24,25,26,28)/t15-,16+/m1/s1. The van der Waals surface area contributed by atoms with Crippen LogP contribution in [0.4, 0.5) is 11.8 Å². The van der Waals surface area contributed by atoms with E-state index in [9.17, 15) is 5.11 Å². The van der Waals surface area contributed by atoms with Crippen molar-refractivity contribution in [1.29, 1.82) is 0 Å². The first-order chi connectivity index (χ1) is 14.9. The topological polar surface area (TPSA) is 92.2 Å². The Kier molecular flexibility index (Phi) is 6.41. The summed E-state index contributed by atoms with van der Waals surface area (Å²) in [6.07, 6.45) is 2.99. The summed E-state index contributed by atoms with van der Waals surface area (Å²) in [4.78, 5) is 14.4. The Morgan fingerprint density at radius 3 is 2.71 bits per heavy atom. The maximum absolute atomic E-state index is 9.54. The van der Waals surface area contributed by atoms with Gasteiger partial charge in [0.2, 0.25) is 5.95 Å². The van der Waals surface area contributed by atoms with Gasteiger partial charge in [0.1, 0.15) is 10.8 Å². The number of rotatable bonds is 8. The molecule has 1 aliphatic rings. The summed E-state index contributed by atoms with van der Waals surface area (Å²) in [5.74, 6) is 1.73. The van der Waals surface area contributed by atoms with Crippen molar-refractivity contribution < 1.29 is 9.84 Å². The number of aliphatic hydroxyl groups excluding tert-OH is 1. The van der Waals surface area contributed by atoms with Crippen molar-refractivity contribution in [1.82, 2.24) is 15.0 Å². The Labute approximate surface area is 187 Å². The number of nitrogens with zero attached hydrogens (tertiary/aromatic N) is 3. The number of nitrogens with one attached hydrogen (secondary N) is 2. The Morgan fingerprint density at radius 1 is 1.19 bits per heavy atom. The van der Waals surface area contributed by atoms with Gasteiger partial charge in [-0.05, 0) is 58.1 Å². The Hall–Kier alpha value is -2.29. The highest BCUT2D eigenvalue weighted by Gasteiger charge is 2.27. The lowest BCUT2D eigenvalue weighted by Crippen LogP contribution is -2.32. The summed E-state index contributed by atoms with van der Waals surface area (Å²) < 4.78 is 6.66. The number of hydrogen-bond acceptors (Lipinski definition) is 8. The van der Waals surface area contributed by atoms with E-state index in [-0.39, 0.29) is 18.2 Å². The van der Waals surface area contributed by atoms with Gasteiger partial charge >= 0.3 is 0 Å². The molecule has 8 heteroatoms. The number of ether oxygens (including phenoxy) is 1. The molecule has 0 spiro atoms. The molecule has 1 saturated carbocycles. The third-order valence-electron chi connectivity index (χ3n) is 5.96. The maximum atomic E-state index is 9.54. The number of hydrogen-bond donors (Lipinski definition) is 3. The van der Waals surface area contributed by atoms with Crippen molar-refractivity contribution in [2.24, 2.45) is 5.92 Å². The minimum absolute atomic E-state index is 0.241. The number of fused-ring (bicyclic) bond motifs is 1. The molecule has 1 aromatic carbocycles. The lowest BCUT2D eigenvalue weighted by Gasteiger charge is -2.24. The summed E-state index contributed by atoms with van der Waals surface area (Å²) in [6, 6.07) is 8.44. The quantitative estimate of drug-likeness (QED) is 0.475. The maximum Gasteiger partial charge on any atom is 0.225 e. The van der Waals surface area contributed by atoms with Gasteiger partial charge in [-0.1, -0.05) is 12.1 Å². The van der Waals surface area contributed by atoms with Crippen molar-refractivity contribution in [2.45, 2.75) is 51.7 Å². The van der Waals surface area contributed by atoms with Crippen LogP contribution in [0.2, 0.25) is 0 Å². The molecule has 3 N–H and O–H groups in total. The van der Waals surface area contributed by atoms with E-state index in [1.807, 2.05) is 39.0 Å². The highest BCUT2D eigenvalue weighted by Crippen LogP contribution is 2.37. The monoisotopic (exact) mass is 441 g/mol. The molecule has 7 nitrogen and oxygen atoms in total. The smallest absolute Gasteiger partial charge is 0.225 e. The summed E-state index contributed by atoms with van der Waals surface area (Å²) in [7, 11) is 1.70. The van der Waals surface area contributed by atoms with Crippen molar-refractivity contribution in [3.63, 3.8) is 0 Å². The Morgan fingerprint density at radius 2 is 2.00 bits per heavy atom. The molecule has 1 fully saturated rings. The van der Waals surface area contributed by atoms with Gasteiger partial charge in [-0.2, -0.15) is 4.98 Å². The number of benzene rings is 1. The zero-order valence-electron chi connectivity index (χ0n) is 18.6. The van der Waals surface area contributed by atoms with E-state index in [1.165, 1.54) is 0 Å². The predicted octanol–water partition coefficient (Wildman–Crippen LogP) is 4.47. The van der Waals surface area contributed by atoms with Gasteiger partial charge in [-0.25, -0.2) is 9.97 Å². The van der Waals surface area contributed by atoms with E-state index < -0.39 is 0 Å². The fourth-order valence-corrected chi connectivity index (χ4v) is 4.98. The largest absolute Gasteiger partial charge is 0.396 e. The molecule has 3 aromatic rings. The summed E-state index contributed by atoms with van der Waals surface area (Å²) in [5.41, 5.74) is 2.49. The van der Waals surface area contributed by atoms with E-state index in [0.29, 0.717) is 18.4 Å². The minimum atomic E-state index is -0.323. The number of aliphatic hydroxyl groups is 1. The fraction of sp³-hybridized carbons (Fsp3) is 0.522. The summed E-state index contributed by atoms with van der Waals surface area (Å²) >= 11 is 1.66. The molecule has 0 unspecified atom stereocenters. The van der Waals surface area contributed by atoms with Gasteiger partial charge in [0.25, 0.3) is 0 Å². The molecule has 4 rings (SSSR count). The lowest BCUT2D eigenvalue weighted by molar-refractivity contribution is 0.0342. The van der Waals surface area contributed by atoms with Gasteiger partial charge < -0.3 is 20.5 Å². The highest BCUT2D eigenvalue weighted by atomic mass is 32.1. The van der Waals surface area contributed by atoms with E-state index >= 15 is 0 Å². The summed E-state index contributed by atoms with van der Waals surface area (Å²) in [5, 5.41) is 17.4. The van der Waals surface area contributed by atoms with Gasteiger partial charge in [-0.3, -0.25) is 0 Å². The molecule has 2 heterocycles. The Balaban J connectivity index is 1.70. The van der Waals surface area contributed by atoms with Crippen LogP contribution in [0.3, 0.4) is 0 Å². The van der Waals surface area contributed by atoms with Crippen LogP contribution < -0.4 is 10.6 Å². The van der Waals surface area contributed by atoms with Gasteiger partial charge in [0.05, 0.1) is 27.1 Å². The second-order valence-corrected chi connectivity index (χ2v) is 9.89. The van der Waals surface area contributed by atoms with Crippen LogP contribution >= 0.6 is 11.3 Å². The van der Waals surface area contributed by atoms with Gasteiger partial charge in [-0.15, -0.1) is 11.3 Å². The van der Waals surface area contributed by atoms with Crippen LogP contribution in [0.1, 0.15) is 38.8 Å². The number of para-hydroxylation sites is 1. The van der Waals surface area contributed by atoms with Gasteiger partial charge in [0, 0.05) is 26.3 Å². The van der Waals surface area contributed by atoms with Crippen LogP contribution in [-0.2, 0) is 4.74 Å². The molecule has 0 aliphatic heterocycles. The molecular formula is C23H31N5O2S. The number of aryl methyl sites for hydroxylation is 1. The van der Waals surface area contributed by atoms with E-state index in [1.54, 1.807) is 18.4 Å². The average molecular weight is 442 g/mol. The molecule has 2 atom stereocenters. The zero-order valence-corrected chi connectivity index (χ0v) is 19.4. The van der Waals surface area contributed by atoms with Crippen LogP contribution in [0.5, 0.6) is 0 Å². The number of thiazole rings is 1. The number of aromatic nitrogens is 3. The van der Waals surface area contributed by atoms with Crippen molar-refractivity contribution >= 4 is 33.3 Å². The molecule has 0 amide bonds.